The van der Waals surface area contributed by atoms with E-state index >= 15 is 0 Å². The molecule has 6 rings (SSSR count). The Morgan fingerprint density at radius 2 is 1.86 bits per heavy atom. The van der Waals surface area contributed by atoms with Crippen molar-refractivity contribution in [1.82, 2.24) is 4.57 Å². The number of rotatable bonds is 3. The Labute approximate surface area is 216 Å². The van der Waals surface area contributed by atoms with Crippen LogP contribution in [-0.2, 0) is 6.42 Å². The van der Waals surface area contributed by atoms with Crippen molar-refractivity contribution < 1.29 is 4.74 Å². The zero-order valence-electron chi connectivity index (χ0n) is 18.8. The lowest BCUT2D eigenvalue weighted by atomic mass is 9.83. The second-order valence-electron chi connectivity index (χ2n) is 8.55. The molecule has 0 radical (unpaired) electrons. The number of methoxy groups -OCH3 is 1. The average molecular weight is 519 g/mol. The van der Waals surface area contributed by atoms with Crippen molar-refractivity contribution in [3.8, 4) is 5.75 Å². The maximum Gasteiger partial charge on any atom is 0.271 e. The van der Waals surface area contributed by atoms with Gasteiger partial charge in [0.05, 0.1) is 23.4 Å². The van der Waals surface area contributed by atoms with E-state index in [1.54, 1.807) is 19.2 Å². The number of aromatic nitrogens is 1. The van der Waals surface area contributed by atoms with Gasteiger partial charge in [-0.15, -0.1) is 0 Å². The Morgan fingerprint density at radius 1 is 1.06 bits per heavy atom. The molecule has 0 spiro atoms. The van der Waals surface area contributed by atoms with E-state index in [0.29, 0.717) is 19.4 Å². The van der Waals surface area contributed by atoms with Crippen molar-refractivity contribution in [2.75, 3.05) is 7.11 Å². The van der Waals surface area contributed by atoms with Gasteiger partial charge in [0.25, 0.3) is 5.56 Å². The van der Waals surface area contributed by atoms with Crippen molar-refractivity contribution in [1.29, 1.82) is 0 Å². The molecule has 1 aliphatic carbocycles. The molecule has 1 aromatic heterocycles. The van der Waals surface area contributed by atoms with E-state index in [1.165, 1.54) is 16.9 Å². The van der Waals surface area contributed by atoms with E-state index in [2.05, 4.69) is 18.2 Å². The molecule has 4 aromatic rings. The van der Waals surface area contributed by atoms with Crippen molar-refractivity contribution in [3.05, 3.63) is 124 Å². The molecule has 0 N–H and O–H groups in total. The van der Waals surface area contributed by atoms with E-state index in [9.17, 15) is 4.79 Å². The standard InChI is InChI=1S/C28H20Cl2N2O2S/c1-34-20-11-7-17(8-12-20)26-22-13-9-16-4-2-3-5-21(16)25(22)31-28-32(26)27(33)24(35-28)14-18-6-10-19(29)15-23(18)30/h2-8,10-12,14-15,26H,9,13H2,1H3/b24-14-/t26-/m0/s1. The van der Waals surface area contributed by atoms with Crippen LogP contribution in [0.4, 0.5) is 0 Å². The minimum Gasteiger partial charge on any atom is -0.497 e. The molecule has 0 amide bonds. The summed E-state index contributed by atoms with van der Waals surface area (Å²) in [6, 6.07) is 21.4. The number of benzene rings is 3. The van der Waals surface area contributed by atoms with Crippen molar-refractivity contribution in [2.24, 2.45) is 4.99 Å². The number of halogens is 2. The maximum absolute atomic E-state index is 13.8. The predicted molar refractivity (Wildman–Crippen MR) is 142 cm³/mol. The second kappa shape index (κ2) is 8.83. The molecule has 2 heterocycles. The largest absolute Gasteiger partial charge is 0.497 e. The van der Waals surface area contributed by atoms with Crippen LogP contribution < -0.4 is 19.6 Å². The fourth-order valence-corrected chi connectivity index (χ4v) is 6.32. The number of thiazole rings is 1. The van der Waals surface area contributed by atoms with Gasteiger partial charge in [0, 0.05) is 15.6 Å². The Morgan fingerprint density at radius 3 is 2.63 bits per heavy atom. The molecule has 3 aromatic carbocycles. The summed E-state index contributed by atoms with van der Waals surface area (Å²) in [6.07, 6.45) is 3.59. The molecule has 0 saturated heterocycles. The number of hydrogen-bond acceptors (Lipinski definition) is 4. The highest BCUT2D eigenvalue weighted by Gasteiger charge is 2.32. The van der Waals surface area contributed by atoms with Crippen LogP contribution in [0.1, 0.15) is 34.7 Å². The third-order valence-corrected chi connectivity index (χ3v) is 8.10. The van der Waals surface area contributed by atoms with Gasteiger partial charge in [-0.3, -0.25) is 9.36 Å². The van der Waals surface area contributed by atoms with Crippen LogP contribution in [-0.4, -0.2) is 11.7 Å². The first-order chi connectivity index (χ1) is 17.0. The summed E-state index contributed by atoms with van der Waals surface area (Å²) in [7, 11) is 1.65. The van der Waals surface area contributed by atoms with Crippen LogP contribution in [0.5, 0.6) is 5.75 Å². The summed E-state index contributed by atoms with van der Waals surface area (Å²) >= 11 is 13.9. The number of fused-ring (bicyclic) bond motifs is 3. The minimum atomic E-state index is -0.233. The number of allylic oxidation sites excluding steroid dienone is 1. The molecule has 0 unspecified atom stereocenters. The van der Waals surface area contributed by atoms with Gasteiger partial charge in [-0.25, -0.2) is 4.99 Å². The first-order valence-corrected chi connectivity index (χ1v) is 12.8. The van der Waals surface area contributed by atoms with E-state index in [1.807, 2.05) is 47.0 Å². The minimum absolute atomic E-state index is 0.0778. The third-order valence-electron chi connectivity index (χ3n) is 6.55. The Kier molecular flexibility index (Phi) is 5.64. The molecule has 7 heteroatoms. The lowest BCUT2D eigenvalue weighted by molar-refractivity contribution is 0.414. The van der Waals surface area contributed by atoms with Gasteiger partial charge in [0.2, 0.25) is 0 Å². The molecule has 1 atom stereocenters. The van der Waals surface area contributed by atoms with Crippen molar-refractivity contribution >= 4 is 46.3 Å². The van der Waals surface area contributed by atoms with Gasteiger partial charge in [-0.1, -0.05) is 77.0 Å². The molecule has 35 heavy (non-hydrogen) atoms. The van der Waals surface area contributed by atoms with Crippen molar-refractivity contribution in [2.45, 2.75) is 18.9 Å². The highest BCUT2D eigenvalue weighted by atomic mass is 35.5. The van der Waals surface area contributed by atoms with Gasteiger partial charge in [-0.05, 0) is 65.4 Å². The molecule has 0 saturated carbocycles. The Bertz CT molecular complexity index is 1680. The van der Waals surface area contributed by atoms with Gasteiger partial charge >= 0.3 is 0 Å². The monoisotopic (exact) mass is 518 g/mol. The van der Waals surface area contributed by atoms with Crippen molar-refractivity contribution in [3.63, 3.8) is 0 Å². The molecular formula is C28H20Cl2N2O2S. The molecule has 174 valence electrons. The summed E-state index contributed by atoms with van der Waals surface area (Å²) in [5.74, 6) is 0.779. The zero-order chi connectivity index (χ0) is 24.1. The van der Waals surface area contributed by atoms with Crippen LogP contribution in [0.15, 0.2) is 82.1 Å². The number of nitrogens with zero attached hydrogens (tertiary/aromatic N) is 2. The smallest absolute Gasteiger partial charge is 0.271 e. The first kappa shape index (κ1) is 22.4. The average Bonchev–Trinajstić information content (AvgIpc) is 3.19. The molecular weight excluding hydrogens is 499 g/mol. The third kappa shape index (κ3) is 3.84. The normalized spacial score (nSPS) is 16.9. The van der Waals surface area contributed by atoms with Gasteiger partial charge < -0.3 is 4.74 Å². The van der Waals surface area contributed by atoms with E-state index in [-0.39, 0.29) is 11.6 Å². The Balaban J connectivity index is 1.61. The zero-order valence-corrected chi connectivity index (χ0v) is 21.1. The molecule has 1 aliphatic heterocycles. The van der Waals surface area contributed by atoms with E-state index in [0.717, 1.165) is 46.6 Å². The van der Waals surface area contributed by atoms with Gasteiger partial charge in [-0.2, -0.15) is 0 Å². The molecule has 4 nitrogen and oxygen atoms in total. The lowest BCUT2D eigenvalue weighted by Gasteiger charge is -2.30. The quantitative estimate of drug-likeness (QED) is 0.352. The topological polar surface area (TPSA) is 43.6 Å². The van der Waals surface area contributed by atoms with Crippen LogP contribution in [0.2, 0.25) is 10.0 Å². The number of aryl methyl sites for hydroxylation is 1. The number of ether oxygens (including phenoxy) is 1. The SMILES string of the molecule is COc1ccc([C@H]2C3=C(N=c4s/c(=C\c5ccc(Cl)cc5Cl)c(=O)n42)c2ccccc2CC3)cc1. The first-order valence-electron chi connectivity index (χ1n) is 11.3. The molecule has 2 aliphatic rings. The van der Waals surface area contributed by atoms with Crippen LogP contribution in [0.3, 0.4) is 0 Å². The molecule has 0 fully saturated rings. The summed E-state index contributed by atoms with van der Waals surface area (Å²) in [6.45, 7) is 0. The fourth-order valence-electron chi connectivity index (χ4n) is 4.87. The van der Waals surface area contributed by atoms with Crippen LogP contribution in [0, 0.1) is 0 Å². The predicted octanol–water partition coefficient (Wildman–Crippen LogP) is 5.63. The van der Waals surface area contributed by atoms with E-state index in [4.69, 9.17) is 32.9 Å². The van der Waals surface area contributed by atoms with E-state index < -0.39 is 0 Å². The van der Waals surface area contributed by atoms with Gasteiger partial charge in [0.15, 0.2) is 4.80 Å². The summed E-state index contributed by atoms with van der Waals surface area (Å²) in [4.78, 5) is 19.5. The van der Waals surface area contributed by atoms with Crippen LogP contribution >= 0.6 is 34.5 Å². The highest BCUT2D eigenvalue weighted by Crippen LogP contribution is 2.41. The summed E-state index contributed by atoms with van der Waals surface area (Å²) in [5, 5.41) is 1.06. The lowest BCUT2D eigenvalue weighted by Crippen LogP contribution is -2.38. The summed E-state index contributed by atoms with van der Waals surface area (Å²) < 4.78 is 7.78. The van der Waals surface area contributed by atoms with Crippen LogP contribution in [0.25, 0.3) is 11.8 Å². The molecule has 0 bridgehead atoms. The number of hydrogen-bond donors (Lipinski definition) is 0. The maximum atomic E-state index is 13.8. The highest BCUT2D eigenvalue weighted by molar-refractivity contribution is 7.07. The Hall–Kier alpha value is -3.12. The summed E-state index contributed by atoms with van der Waals surface area (Å²) in [5.41, 5.74) is 6.27. The fraction of sp³-hybridized carbons (Fsp3) is 0.143. The second-order valence-corrected chi connectivity index (χ2v) is 10.4. The van der Waals surface area contributed by atoms with Gasteiger partial charge in [0.1, 0.15) is 5.75 Å².